The summed E-state index contributed by atoms with van der Waals surface area (Å²) >= 11 is 5.94. The first-order valence-electron chi connectivity index (χ1n) is 9.92. The number of nitrogen functional groups attached to an aromatic ring is 1. The summed E-state index contributed by atoms with van der Waals surface area (Å²) in [5.74, 6) is 2.75. The number of aliphatic imine (C=N–C) groups is 1. The van der Waals surface area contributed by atoms with E-state index in [0.717, 1.165) is 48.1 Å². The molecular weight excluding hydrogens is 382 g/mol. The number of hydrogen-bond donors (Lipinski definition) is 1. The second-order valence-electron chi connectivity index (χ2n) is 7.57. The number of anilines is 1. The maximum absolute atomic E-state index is 5.94. The van der Waals surface area contributed by atoms with Gasteiger partial charge in [-0.25, -0.2) is 4.99 Å². The van der Waals surface area contributed by atoms with E-state index in [0.29, 0.717) is 11.1 Å². The zero-order valence-electron chi connectivity index (χ0n) is 16.0. The van der Waals surface area contributed by atoms with Gasteiger partial charge in [-0.15, -0.1) is 0 Å². The summed E-state index contributed by atoms with van der Waals surface area (Å²) < 4.78 is 5.92. The Morgan fingerprint density at radius 3 is 2.45 bits per heavy atom. The van der Waals surface area contributed by atoms with Crippen molar-refractivity contribution in [2.75, 3.05) is 12.3 Å². The third kappa shape index (κ3) is 3.68. The summed E-state index contributed by atoms with van der Waals surface area (Å²) in [6.45, 7) is 1.04. The molecule has 0 amide bonds. The standard InChI is InChI=1S/C24H22ClN3O/c25-18-6-11-21(12-7-18)29-20-9-4-16(5-10-20)23-2-1-13-28(23)24-14-17-3-8-19(26)15-22(17)27-24/h3-12,15,23H,1-2,13-14,26H2. The van der Waals surface area contributed by atoms with Crippen LogP contribution in [0.2, 0.25) is 5.02 Å². The molecule has 3 aromatic carbocycles. The Bertz CT molecular complexity index is 1060. The number of rotatable bonds is 3. The molecule has 29 heavy (non-hydrogen) atoms. The van der Waals surface area contributed by atoms with E-state index in [1.807, 2.05) is 48.5 Å². The van der Waals surface area contributed by atoms with Gasteiger partial charge in [0, 0.05) is 23.7 Å². The minimum Gasteiger partial charge on any atom is -0.457 e. The van der Waals surface area contributed by atoms with Gasteiger partial charge in [-0.2, -0.15) is 0 Å². The van der Waals surface area contributed by atoms with Gasteiger partial charge in [0.2, 0.25) is 0 Å². The summed E-state index contributed by atoms with van der Waals surface area (Å²) in [6, 6.07) is 22.2. The normalized spacial score (nSPS) is 17.9. The molecule has 2 aliphatic heterocycles. The molecule has 5 rings (SSSR count). The maximum Gasteiger partial charge on any atom is 0.127 e. The van der Waals surface area contributed by atoms with E-state index in [1.54, 1.807) is 0 Å². The molecule has 0 aliphatic carbocycles. The number of likely N-dealkylation sites (tertiary alicyclic amines) is 1. The van der Waals surface area contributed by atoms with Gasteiger partial charge < -0.3 is 15.4 Å². The first-order valence-corrected chi connectivity index (χ1v) is 10.3. The van der Waals surface area contributed by atoms with Crippen LogP contribution in [0.3, 0.4) is 0 Å². The van der Waals surface area contributed by atoms with Crippen LogP contribution >= 0.6 is 11.6 Å². The molecule has 3 aromatic rings. The molecule has 0 radical (unpaired) electrons. The monoisotopic (exact) mass is 403 g/mol. The minimum atomic E-state index is 0.352. The molecule has 0 saturated carbocycles. The van der Waals surface area contributed by atoms with Crippen LogP contribution in [-0.2, 0) is 6.42 Å². The zero-order chi connectivity index (χ0) is 19.8. The smallest absolute Gasteiger partial charge is 0.127 e. The summed E-state index contributed by atoms with van der Waals surface area (Å²) in [5, 5.41) is 0.702. The molecule has 0 aromatic heterocycles. The summed E-state index contributed by atoms with van der Waals surface area (Å²) in [5.41, 5.74) is 10.3. The van der Waals surface area contributed by atoms with E-state index >= 15 is 0 Å². The van der Waals surface area contributed by atoms with Crippen molar-refractivity contribution in [2.45, 2.75) is 25.3 Å². The molecule has 146 valence electrons. The van der Waals surface area contributed by atoms with Crippen molar-refractivity contribution < 1.29 is 4.74 Å². The van der Waals surface area contributed by atoms with Gasteiger partial charge in [-0.3, -0.25) is 0 Å². The molecule has 2 N–H and O–H groups in total. The van der Waals surface area contributed by atoms with Crippen molar-refractivity contribution in [1.29, 1.82) is 0 Å². The van der Waals surface area contributed by atoms with Crippen molar-refractivity contribution in [2.24, 2.45) is 4.99 Å². The van der Waals surface area contributed by atoms with Crippen molar-refractivity contribution in [3.63, 3.8) is 0 Å². The first-order chi connectivity index (χ1) is 14.2. The molecule has 1 atom stereocenters. The van der Waals surface area contributed by atoms with Gasteiger partial charge in [0.05, 0.1) is 11.7 Å². The Kier molecular flexibility index (Phi) is 4.64. The SMILES string of the molecule is Nc1ccc2c(c1)N=C(N1CCCC1c1ccc(Oc3ccc(Cl)cc3)cc1)C2. The lowest BCUT2D eigenvalue weighted by Crippen LogP contribution is -2.30. The van der Waals surface area contributed by atoms with Gasteiger partial charge in [-0.05, 0) is 72.5 Å². The van der Waals surface area contributed by atoms with E-state index in [-0.39, 0.29) is 0 Å². The van der Waals surface area contributed by atoms with Gasteiger partial charge in [0.25, 0.3) is 0 Å². The Labute approximate surface area is 175 Å². The van der Waals surface area contributed by atoms with Gasteiger partial charge in [0.1, 0.15) is 17.3 Å². The number of nitrogens with two attached hydrogens (primary N) is 1. The van der Waals surface area contributed by atoms with Crippen LogP contribution < -0.4 is 10.5 Å². The fourth-order valence-corrected chi connectivity index (χ4v) is 4.29. The van der Waals surface area contributed by atoms with E-state index < -0.39 is 0 Å². The number of amidine groups is 1. The Balaban J connectivity index is 1.32. The Hall–Kier alpha value is -2.98. The predicted molar refractivity (Wildman–Crippen MR) is 118 cm³/mol. The highest BCUT2D eigenvalue weighted by Crippen LogP contribution is 2.38. The van der Waals surface area contributed by atoms with Crippen LogP contribution in [0, 0.1) is 0 Å². The quantitative estimate of drug-likeness (QED) is 0.534. The maximum atomic E-state index is 5.94. The number of fused-ring (bicyclic) bond motifs is 1. The predicted octanol–water partition coefficient (Wildman–Crippen LogP) is 6.14. The number of ether oxygens (including phenoxy) is 1. The summed E-state index contributed by atoms with van der Waals surface area (Å²) in [4.78, 5) is 7.33. The van der Waals surface area contributed by atoms with Crippen molar-refractivity contribution in [3.8, 4) is 11.5 Å². The van der Waals surface area contributed by atoms with Crippen LogP contribution in [0.1, 0.15) is 30.0 Å². The highest BCUT2D eigenvalue weighted by Gasteiger charge is 2.31. The lowest BCUT2D eigenvalue weighted by molar-refractivity contribution is 0.395. The molecule has 1 unspecified atom stereocenters. The van der Waals surface area contributed by atoms with Crippen molar-refractivity contribution in [1.82, 2.24) is 4.90 Å². The second-order valence-corrected chi connectivity index (χ2v) is 8.01. The highest BCUT2D eigenvalue weighted by atomic mass is 35.5. The van der Waals surface area contributed by atoms with Crippen molar-refractivity contribution >= 4 is 28.8 Å². The van der Waals surface area contributed by atoms with E-state index in [9.17, 15) is 0 Å². The highest BCUT2D eigenvalue weighted by molar-refractivity contribution is 6.30. The van der Waals surface area contributed by atoms with Gasteiger partial charge in [-0.1, -0.05) is 29.8 Å². The van der Waals surface area contributed by atoms with Gasteiger partial charge in [0.15, 0.2) is 0 Å². The van der Waals surface area contributed by atoms with Crippen LogP contribution in [-0.4, -0.2) is 17.3 Å². The number of nitrogens with zero attached hydrogens (tertiary/aromatic N) is 2. The van der Waals surface area contributed by atoms with E-state index in [2.05, 4.69) is 23.1 Å². The van der Waals surface area contributed by atoms with Crippen LogP contribution in [0.5, 0.6) is 11.5 Å². The van der Waals surface area contributed by atoms with Crippen LogP contribution in [0.4, 0.5) is 11.4 Å². The molecule has 2 aliphatic rings. The topological polar surface area (TPSA) is 50.8 Å². The average Bonchev–Trinajstić information content (AvgIpc) is 3.36. The fourth-order valence-electron chi connectivity index (χ4n) is 4.17. The lowest BCUT2D eigenvalue weighted by Gasteiger charge is -2.27. The molecule has 0 spiro atoms. The van der Waals surface area contributed by atoms with Crippen molar-refractivity contribution in [3.05, 3.63) is 82.9 Å². The van der Waals surface area contributed by atoms with Crippen LogP contribution in [0.15, 0.2) is 71.7 Å². The average molecular weight is 404 g/mol. The van der Waals surface area contributed by atoms with Gasteiger partial charge >= 0.3 is 0 Å². The number of benzene rings is 3. The third-order valence-electron chi connectivity index (χ3n) is 5.61. The van der Waals surface area contributed by atoms with E-state index in [4.69, 9.17) is 27.1 Å². The Morgan fingerprint density at radius 1 is 0.966 bits per heavy atom. The molecule has 1 saturated heterocycles. The number of halogens is 1. The molecule has 1 fully saturated rings. The largest absolute Gasteiger partial charge is 0.457 e. The zero-order valence-corrected chi connectivity index (χ0v) is 16.8. The Morgan fingerprint density at radius 2 is 1.69 bits per heavy atom. The van der Waals surface area contributed by atoms with Crippen LogP contribution in [0.25, 0.3) is 0 Å². The summed E-state index contributed by atoms with van der Waals surface area (Å²) in [7, 11) is 0. The second kappa shape index (κ2) is 7.45. The van der Waals surface area contributed by atoms with E-state index in [1.165, 1.54) is 17.5 Å². The molecule has 4 nitrogen and oxygen atoms in total. The minimum absolute atomic E-state index is 0.352. The lowest BCUT2D eigenvalue weighted by atomic mass is 10.0. The molecule has 5 heteroatoms. The first kappa shape index (κ1) is 18.1. The number of hydrogen-bond acceptors (Lipinski definition) is 4. The summed E-state index contributed by atoms with van der Waals surface area (Å²) in [6.07, 6.45) is 3.18. The molecule has 0 bridgehead atoms. The molecular formula is C24H22ClN3O. The third-order valence-corrected chi connectivity index (χ3v) is 5.86. The fraction of sp³-hybridized carbons (Fsp3) is 0.208. The molecule has 2 heterocycles.